The Kier molecular flexibility index (Phi) is 5.35. The molecule has 1 aromatic rings. The maximum absolute atomic E-state index is 13.4. The van der Waals surface area contributed by atoms with Gasteiger partial charge in [0, 0.05) is 12.1 Å². The number of anilines is 1. The Balaban J connectivity index is 1.83. The molecule has 3 atom stereocenters. The quantitative estimate of drug-likeness (QED) is 0.874. The molecule has 1 saturated carbocycles. The van der Waals surface area contributed by atoms with Crippen molar-refractivity contribution in [1.82, 2.24) is 0 Å². The first-order chi connectivity index (χ1) is 9.63. The molecule has 2 N–H and O–H groups in total. The van der Waals surface area contributed by atoms with Gasteiger partial charge in [0.05, 0.1) is 6.10 Å². The number of rotatable bonds is 2. The highest BCUT2D eigenvalue weighted by Crippen LogP contribution is 2.22. The number of para-hydroxylation sites is 1. The average Bonchev–Trinajstić information content (AvgIpc) is 2.41. The highest BCUT2D eigenvalue weighted by molar-refractivity contribution is 5.84. The zero-order valence-electron chi connectivity index (χ0n) is 11.3. The molecule has 0 bridgehead atoms. The fraction of sp³-hybridized carbons (Fsp3) is 0.533. The van der Waals surface area contributed by atoms with E-state index < -0.39 is 18.4 Å². The van der Waals surface area contributed by atoms with Gasteiger partial charge in [0.2, 0.25) is 0 Å². The van der Waals surface area contributed by atoms with Gasteiger partial charge >= 0.3 is 6.09 Å². The van der Waals surface area contributed by atoms with Gasteiger partial charge in [-0.3, -0.25) is 5.32 Å². The number of nitrogens with one attached hydrogen (secondary N) is 1. The topological polar surface area (TPSA) is 58.6 Å². The molecule has 0 heterocycles. The summed E-state index contributed by atoms with van der Waals surface area (Å²) >= 11 is 0. The molecule has 1 amide bonds. The molecule has 0 unspecified atom stereocenters. The first-order valence-corrected chi connectivity index (χ1v) is 6.98. The summed E-state index contributed by atoms with van der Waals surface area (Å²) in [7, 11) is 0. The minimum absolute atomic E-state index is 0.183. The molecular formula is C15H20FNO3. The fourth-order valence-electron chi connectivity index (χ4n) is 2.36. The molecule has 2 rings (SSSR count). The van der Waals surface area contributed by atoms with Crippen molar-refractivity contribution in [3.63, 3.8) is 0 Å². The number of carbonyl (C=O) groups excluding carboxylic acids is 1. The molecule has 1 aliphatic rings. The summed E-state index contributed by atoms with van der Waals surface area (Å²) in [5.74, 6) is 0. The zero-order valence-corrected chi connectivity index (χ0v) is 11.3. The summed E-state index contributed by atoms with van der Waals surface area (Å²) in [5, 5.41) is 12.2. The molecule has 1 aliphatic carbocycles. The van der Waals surface area contributed by atoms with Gasteiger partial charge < -0.3 is 9.84 Å². The second-order valence-corrected chi connectivity index (χ2v) is 5.16. The van der Waals surface area contributed by atoms with Crippen LogP contribution in [0.25, 0.3) is 0 Å². The van der Waals surface area contributed by atoms with Crippen molar-refractivity contribution in [1.29, 1.82) is 0 Å². The third-order valence-electron chi connectivity index (χ3n) is 3.45. The van der Waals surface area contributed by atoms with E-state index >= 15 is 0 Å². The second-order valence-electron chi connectivity index (χ2n) is 5.16. The molecule has 1 aromatic carbocycles. The smallest absolute Gasteiger partial charge is 0.411 e. The van der Waals surface area contributed by atoms with Crippen molar-refractivity contribution in [2.75, 3.05) is 5.32 Å². The molecule has 4 nitrogen and oxygen atoms in total. The number of halogens is 1. The van der Waals surface area contributed by atoms with Gasteiger partial charge in [-0.25, -0.2) is 9.18 Å². The number of carbonyl (C=O) groups is 1. The minimum atomic E-state index is -1.02. The molecule has 0 aliphatic heterocycles. The summed E-state index contributed by atoms with van der Waals surface area (Å²) in [6.07, 6.45) is -0.514. The lowest BCUT2D eigenvalue weighted by Gasteiger charge is -2.24. The van der Waals surface area contributed by atoms with Gasteiger partial charge in [-0.2, -0.15) is 0 Å². The van der Waals surface area contributed by atoms with E-state index in [-0.39, 0.29) is 12.5 Å². The molecule has 20 heavy (non-hydrogen) atoms. The highest BCUT2D eigenvalue weighted by atomic mass is 19.1. The highest BCUT2D eigenvalue weighted by Gasteiger charge is 2.23. The first-order valence-electron chi connectivity index (χ1n) is 6.98. The van der Waals surface area contributed by atoms with Crippen LogP contribution in [-0.4, -0.2) is 29.6 Å². The Hall–Kier alpha value is -1.62. The van der Waals surface area contributed by atoms with Crippen molar-refractivity contribution in [3.05, 3.63) is 30.3 Å². The van der Waals surface area contributed by atoms with Crippen LogP contribution in [0.5, 0.6) is 0 Å². The molecule has 0 aromatic heterocycles. The monoisotopic (exact) mass is 281 g/mol. The Labute approximate surface area is 117 Å². The van der Waals surface area contributed by atoms with Crippen molar-refractivity contribution >= 4 is 11.8 Å². The summed E-state index contributed by atoms with van der Waals surface area (Å²) < 4.78 is 18.7. The van der Waals surface area contributed by atoms with E-state index in [2.05, 4.69) is 5.32 Å². The average molecular weight is 281 g/mol. The predicted octanol–water partition coefficient (Wildman–Crippen LogP) is 3.27. The van der Waals surface area contributed by atoms with Crippen LogP contribution < -0.4 is 5.32 Å². The van der Waals surface area contributed by atoms with Gasteiger partial charge in [-0.15, -0.1) is 0 Å². The molecule has 0 radical (unpaired) electrons. The third kappa shape index (κ3) is 4.81. The van der Waals surface area contributed by atoms with Crippen LogP contribution in [0.4, 0.5) is 14.9 Å². The van der Waals surface area contributed by atoms with Gasteiger partial charge in [0.1, 0.15) is 12.3 Å². The van der Waals surface area contributed by atoms with Crippen LogP contribution in [0.1, 0.15) is 32.1 Å². The normalized spacial score (nSPS) is 27.2. The van der Waals surface area contributed by atoms with Crippen LogP contribution >= 0.6 is 0 Å². The van der Waals surface area contributed by atoms with Crippen LogP contribution in [-0.2, 0) is 4.74 Å². The lowest BCUT2D eigenvalue weighted by Crippen LogP contribution is -2.28. The van der Waals surface area contributed by atoms with E-state index in [1.54, 1.807) is 12.1 Å². The number of hydrogen-bond acceptors (Lipinski definition) is 3. The van der Waals surface area contributed by atoms with Gasteiger partial charge in [-0.05, 0) is 37.8 Å². The van der Waals surface area contributed by atoms with E-state index in [9.17, 15) is 14.3 Å². The van der Waals surface area contributed by atoms with E-state index in [0.29, 0.717) is 31.4 Å². The van der Waals surface area contributed by atoms with Crippen molar-refractivity contribution in [3.8, 4) is 0 Å². The Morgan fingerprint density at radius 2 is 1.90 bits per heavy atom. The van der Waals surface area contributed by atoms with Crippen LogP contribution in [0, 0.1) is 0 Å². The molecule has 110 valence electrons. The van der Waals surface area contributed by atoms with Crippen LogP contribution in [0.3, 0.4) is 0 Å². The van der Waals surface area contributed by atoms with E-state index in [4.69, 9.17) is 4.74 Å². The lowest BCUT2D eigenvalue weighted by atomic mass is 9.95. The summed E-state index contributed by atoms with van der Waals surface area (Å²) in [6, 6.07) is 9.01. The first kappa shape index (κ1) is 14.8. The minimum Gasteiger partial charge on any atom is -0.446 e. The SMILES string of the molecule is O=C(Nc1ccccc1)O[C@H]1CC[C@@H](O)C[C@@H](F)CC1. The van der Waals surface area contributed by atoms with Gasteiger partial charge in [0.15, 0.2) is 0 Å². The zero-order chi connectivity index (χ0) is 14.4. The predicted molar refractivity (Wildman–Crippen MR) is 74.3 cm³/mol. The summed E-state index contributed by atoms with van der Waals surface area (Å²) in [4.78, 5) is 11.8. The second kappa shape index (κ2) is 7.24. The van der Waals surface area contributed by atoms with Crippen molar-refractivity contribution in [2.45, 2.75) is 50.5 Å². The Morgan fingerprint density at radius 3 is 2.65 bits per heavy atom. The number of alkyl halides is 1. The number of ether oxygens (including phenoxy) is 1. The number of hydrogen-bond donors (Lipinski definition) is 2. The van der Waals surface area contributed by atoms with Gasteiger partial charge in [-0.1, -0.05) is 18.2 Å². The number of aliphatic hydroxyl groups is 1. The maximum Gasteiger partial charge on any atom is 0.411 e. The molecule has 0 saturated heterocycles. The van der Waals surface area contributed by atoms with Crippen LogP contribution in [0.2, 0.25) is 0 Å². The maximum atomic E-state index is 13.4. The molecule has 5 heteroatoms. The van der Waals surface area contributed by atoms with E-state index in [0.717, 1.165) is 0 Å². The molecule has 0 spiro atoms. The van der Waals surface area contributed by atoms with Crippen molar-refractivity contribution < 1.29 is 19.0 Å². The summed E-state index contributed by atoms with van der Waals surface area (Å²) in [6.45, 7) is 0. The molecule has 1 fully saturated rings. The standard InChI is InChI=1S/C15H20FNO3/c16-11-6-8-14(9-7-13(18)10-11)20-15(19)17-12-4-2-1-3-5-12/h1-5,11,13-14,18H,6-10H2,(H,17,19)/t11-,13+,14+/m0/s1. The lowest BCUT2D eigenvalue weighted by molar-refractivity contribution is 0.0461. The Bertz CT molecular complexity index is 414. The number of aliphatic hydroxyl groups excluding tert-OH is 1. The van der Waals surface area contributed by atoms with Crippen LogP contribution in [0.15, 0.2) is 30.3 Å². The third-order valence-corrected chi connectivity index (χ3v) is 3.45. The number of amides is 1. The summed E-state index contributed by atoms with van der Waals surface area (Å²) in [5.41, 5.74) is 0.659. The largest absolute Gasteiger partial charge is 0.446 e. The van der Waals surface area contributed by atoms with E-state index in [1.165, 1.54) is 0 Å². The van der Waals surface area contributed by atoms with Gasteiger partial charge in [0.25, 0.3) is 0 Å². The Morgan fingerprint density at radius 1 is 1.20 bits per heavy atom. The van der Waals surface area contributed by atoms with E-state index in [1.807, 2.05) is 18.2 Å². The fourth-order valence-corrected chi connectivity index (χ4v) is 2.36. The molecular weight excluding hydrogens is 261 g/mol. The van der Waals surface area contributed by atoms with Crippen molar-refractivity contribution in [2.24, 2.45) is 0 Å². The number of benzene rings is 1.